The van der Waals surface area contributed by atoms with E-state index in [1.54, 1.807) is 0 Å². The van der Waals surface area contributed by atoms with Gasteiger partial charge in [0.05, 0.1) is 18.3 Å². The van der Waals surface area contributed by atoms with E-state index in [4.69, 9.17) is 16.7 Å². The molecule has 0 radical (unpaired) electrons. The van der Waals surface area contributed by atoms with Gasteiger partial charge in [-0.05, 0) is 18.2 Å². The highest BCUT2D eigenvalue weighted by Gasteiger charge is 2.12. The average Bonchev–Trinajstić information content (AvgIpc) is 2.90. The lowest BCUT2D eigenvalue weighted by atomic mass is 10.2. The number of carbonyl (C=O) groups excluding carboxylic acids is 1. The molecule has 0 atom stereocenters. The summed E-state index contributed by atoms with van der Waals surface area (Å²) in [7, 11) is 0. The number of hydrogen-bond acceptors (Lipinski definition) is 5. The summed E-state index contributed by atoms with van der Waals surface area (Å²) in [4.78, 5) is 22.5. The van der Waals surface area contributed by atoms with Crippen molar-refractivity contribution in [1.82, 2.24) is 20.3 Å². The highest BCUT2D eigenvalue weighted by atomic mass is 35.5. The third kappa shape index (κ3) is 3.69. The van der Waals surface area contributed by atoms with Crippen molar-refractivity contribution in [3.63, 3.8) is 0 Å². The fourth-order valence-electron chi connectivity index (χ4n) is 1.58. The van der Waals surface area contributed by atoms with Gasteiger partial charge in [0.15, 0.2) is 5.69 Å². The van der Waals surface area contributed by atoms with E-state index in [0.717, 1.165) is 0 Å². The summed E-state index contributed by atoms with van der Waals surface area (Å²) in [5.41, 5.74) is -0.110. The number of nitrogens with one attached hydrogen (secondary N) is 1. The molecular weight excluding hydrogens is 300 g/mol. The summed E-state index contributed by atoms with van der Waals surface area (Å²) in [5.74, 6) is -1.84. The van der Waals surface area contributed by atoms with Crippen LogP contribution in [0.5, 0.6) is 5.75 Å². The maximum absolute atomic E-state index is 11.9. The molecule has 0 fully saturated rings. The van der Waals surface area contributed by atoms with Crippen molar-refractivity contribution in [2.45, 2.75) is 6.54 Å². The number of nitrogens with zero attached hydrogens (tertiary/aromatic N) is 3. The lowest BCUT2D eigenvalue weighted by molar-refractivity contribution is 0.0690. The standard InChI is InChI=1S/C12H11ClN4O4/c13-7-1-2-10(18)8(5-7)11(19)14-3-4-17-6-9(12(20)21)15-16-17/h1-2,5-6,18H,3-4H2,(H,14,19)(H,20,21). The first-order valence-electron chi connectivity index (χ1n) is 5.87. The molecule has 3 N–H and O–H groups in total. The lowest BCUT2D eigenvalue weighted by Gasteiger charge is -2.07. The van der Waals surface area contributed by atoms with Crippen LogP contribution in [0.1, 0.15) is 20.8 Å². The van der Waals surface area contributed by atoms with Crippen LogP contribution in [0.4, 0.5) is 0 Å². The number of phenols is 1. The lowest BCUT2D eigenvalue weighted by Crippen LogP contribution is -2.27. The molecule has 1 aromatic heterocycles. The first-order chi connectivity index (χ1) is 9.97. The third-order valence-electron chi connectivity index (χ3n) is 2.59. The summed E-state index contributed by atoms with van der Waals surface area (Å²) >= 11 is 5.75. The van der Waals surface area contributed by atoms with Crippen molar-refractivity contribution in [3.8, 4) is 5.75 Å². The molecule has 2 rings (SSSR count). The number of hydrogen-bond donors (Lipinski definition) is 3. The molecule has 110 valence electrons. The first-order valence-corrected chi connectivity index (χ1v) is 6.25. The summed E-state index contributed by atoms with van der Waals surface area (Å²) in [6.45, 7) is 0.431. The van der Waals surface area contributed by atoms with Crippen LogP contribution >= 0.6 is 11.6 Å². The summed E-state index contributed by atoms with van der Waals surface area (Å²) in [6.07, 6.45) is 1.26. The molecule has 1 heterocycles. The Morgan fingerprint density at radius 3 is 2.81 bits per heavy atom. The molecule has 0 aliphatic carbocycles. The van der Waals surface area contributed by atoms with Gasteiger partial charge in [-0.1, -0.05) is 16.8 Å². The van der Waals surface area contributed by atoms with E-state index < -0.39 is 11.9 Å². The number of halogens is 1. The Hall–Kier alpha value is -2.61. The second-order valence-electron chi connectivity index (χ2n) is 4.09. The van der Waals surface area contributed by atoms with E-state index in [-0.39, 0.29) is 30.1 Å². The Balaban J connectivity index is 1.92. The molecule has 2 aromatic rings. The first kappa shape index (κ1) is 14.8. The minimum atomic E-state index is -1.17. The van der Waals surface area contributed by atoms with Crippen molar-refractivity contribution in [2.24, 2.45) is 0 Å². The largest absolute Gasteiger partial charge is 0.507 e. The van der Waals surface area contributed by atoms with Crippen LogP contribution in [0.25, 0.3) is 0 Å². The molecule has 0 saturated carbocycles. The van der Waals surface area contributed by atoms with Gasteiger partial charge in [0, 0.05) is 11.6 Å². The van der Waals surface area contributed by atoms with Crippen LogP contribution < -0.4 is 5.32 Å². The van der Waals surface area contributed by atoms with Gasteiger partial charge >= 0.3 is 5.97 Å². The molecule has 0 unspecified atom stereocenters. The molecule has 0 spiro atoms. The Morgan fingerprint density at radius 1 is 1.38 bits per heavy atom. The number of rotatable bonds is 5. The number of benzene rings is 1. The summed E-state index contributed by atoms with van der Waals surface area (Å²) < 4.78 is 1.29. The monoisotopic (exact) mass is 310 g/mol. The summed E-state index contributed by atoms with van der Waals surface area (Å²) in [6, 6.07) is 4.15. The Kier molecular flexibility index (Phi) is 4.39. The zero-order chi connectivity index (χ0) is 15.4. The van der Waals surface area contributed by atoms with E-state index in [0.29, 0.717) is 5.02 Å². The van der Waals surface area contributed by atoms with E-state index >= 15 is 0 Å². The highest BCUT2D eigenvalue weighted by Crippen LogP contribution is 2.21. The second-order valence-corrected chi connectivity index (χ2v) is 4.53. The Bertz CT molecular complexity index is 686. The molecule has 0 bridgehead atoms. The molecule has 1 aromatic carbocycles. The number of aromatic nitrogens is 3. The fourth-order valence-corrected chi connectivity index (χ4v) is 1.75. The van der Waals surface area contributed by atoms with Crippen LogP contribution in [0.2, 0.25) is 5.02 Å². The molecule has 0 aliphatic rings. The fraction of sp³-hybridized carbons (Fsp3) is 0.167. The third-order valence-corrected chi connectivity index (χ3v) is 2.82. The topological polar surface area (TPSA) is 117 Å². The predicted octanol–water partition coefficient (Wildman–Crippen LogP) is 0.765. The Morgan fingerprint density at radius 2 is 2.14 bits per heavy atom. The Labute approximate surface area is 124 Å². The molecule has 0 saturated heterocycles. The predicted molar refractivity (Wildman–Crippen MR) is 72.4 cm³/mol. The number of carboxylic acid groups (broad SMARTS) is 1. The minimum absolute atomic E-state index is 0.0623. The number of phenolic OH excluding ortho intramolecular Hbond substituents is 1. The quantitative estimate of drug-likeness (QED) is 0.750. The van der Waals surface area contributed by atoms with Gasteiger partial charge in [0.25, 0.3) is 5.91 Å². The SMILES string of the molecule is O=C(O)c1cn(CCNC(=O)c2cc(Cl)ccc2O)nn1. The zero-order valence-electron chi connectivity index (χ0n) is 10.7. The normalized spacial score (nSPS) is 10.3. The van der Waals surface area contributed by atoms with Crippen molar-refractivity contribution in [1.29, 1.82) is 0 Å². The number of aromatic hydroxyl groups is 1. The maximum atomic E-state index is 11.9. The van der Waals surface area contributed by atoms with Crippen LogP contribution in [-0.4, -0.2) is 43.6 Å². The van der Waals surface area contributed by atoms with E-state index in [9.17, 15) is 14.7 Å². The number of amides is 1. The van der Waals surface area contributed by atoms with Gasteiger partial charge in [0.2, 0.25) is 0 Å². The number of carboxylic acids is 1. The molecule has 9 heteroatoms. The van der Waals surface area contributed by atoms with Gasteiger partial charge in [0.1, 0.15) is 5.75 Å². The summed E-state index contributed by atoms with van der Waals surface area (Å²) in [5, 5.41) is 28.2. The van der Waals surface area contributed by atoms with Gasteiger partial charge < -0.3 is 15.5 Å². The highest BCUT2D eigenvalue weighted by molar-refractivity contribution is 6.31. The van der Waals surface area contributed by atoms with Crippen LogP contribution in [0.15, 0.2) is 24.4 Å². The minimum Gasteiger partial charge on any atom is -0.507 e. The number of aromatic carboxylic acids is 1. The van der Waals surface area contributed by atoms with Crippen molar-refractivity contribution in [2.75, 3.05) is 6.54 Å². The number of carbonyl (C=O) groups is 2. The zero-order valence-corrected chi connectivity index (χ0v) is 11.4. The smallest absolute Gasteiger partial charge is 0.358 e. The van der Waals surface area contributed by atoms with Gasteiger partial charge in [-0.2, -0.15) is 0 Å². The maximum Gasteiger partial charge on any atom is 0.358 e. The van der Waals surface area contributed by atoms with Crippen LogP contribution in [-0.2, 0) is 6.54 Å². The molecule has 8 nitrogen and oxygen atoms in total. The van der Waals surface area contributed by atoms with E-state index in [2.05, 4.69) is 15.6 Å². The van der Waals surface area contributed by atoms with Gasteiger partial charge in [-0.3, -0.25) is 4.79 Å². The van der Waals surface area contributed by atoms with E-state index in [1.165, 1.54) is 29.1 Å². The second kappa shape index (κ2) is 6.23. The molecule has 1 amide bonds. The van der Waals surface area contributed by atoms with Crippen molar-refractivity contribution >= 4 is 23.5 Å². The van der Waals surface area contributed by atoms with E-state index in [1.807, 2.05) is 0 Å². The van der Waals surface area contributed by atoms with Crippen molar-refractivity contribution in [3.05, 3.63) is 40.7 Å². The van der Waals surface area contributed by atoms with Crippen LogP contribution in [0.3, 0.4) is 0 Å². The van der Waals surface area contributed by atoms with Crippen LogP contribution in [0, 0.1) is 0 Å². The molecular formula is C12H11ClN4O4. The average molecular weight is 311 g/mol. The molecule has 0 aliphatic heterocycles. The van der Waals surface area contributed by atoms with Crippen molar-refractivity contribution < 1.29 is 19.8 Å². The molecule has 21 heavy (non-hydrogen) atoms. The van der Waals surface area contributed by atoms with Gasteiger partial charge in [-0.15, -0.1) is 5.10 Å². The van der Waals surface area contributed by atoms with Gasteiger partial charge in [-0.25, -0.2) is 9.48 Å².